The molecule has 2 rings (SSSR count). The summed E-state index contributed by atoms with van der Waals surface area (Å²) in [6, 6.07) is 14.5. The van der Waals surface area contributed by atoms with E-state index in [0.29, 0.717) is 0 Å². The van der Waals surface area contributed by atoms with Gasteiger partial charge in [0.2, 0.25) is 0 Å². The zero-order valence-corrected chi connectivity index (χ0v) is 14.0. The lowest BCUT2D eigenvalue weighted by molar-refractivity contribution is 0.411. The lowest BCUT2D eigenvalue weighted by Gasteiger charge is -2.19. The van der Waals surface area contributed by atoms with E-state index in [2.05, 4.69) is 52.5 Å². The third-order valence-electron chi connectivity index (χ3n) is 3.50. The second-order valence-corrected chi connectivity index (χ2v) is 5.84. The monoisotopic (exact) mass is 348 g/mol. The number of hydrazine groups is 1. The molecule has 2 aromatic rings. The van der Waals surface area contributed by atoms with Gasteiger partial charge >= 0.3 is 0 Å². The molecule has 1 atom stereocenters. The molecule has 1 unspecified atom stereocenters. The van der Waals surface area contributed by atoms with Crippen molar-refractivity contribution >= 4 is 15.9 Å². The average Bonchev–Trinajstić information content (AvgIpc) is 2.49. The minimum Gasteiger partial charge on any atom is -0.496 e. The zero-order valence-electron chi connectivity index (χ0n) is 12.4. The van der Waals surface area contributed by atoms with Crippen LogP contribution in [0.1, 0.15) is 36.1 Å². The van der Waals surface area contributed by atoms with Crippen LogP contribution in [0.3, 0.4) is 0 Å². The summed E-state index contributed by atoms with van der Waals surface area (Å²) in [4.78, 5) is 0. The molecule has 0 spiro atoms. The second-order valence-electron chi connectivity index (χ2n) is 4.99. The number of methoxy groups -OCH3 is 1. The Kier molecular flexibility index (Phi) is 5.79. The van der Waals surface area contributed by atoms with Crippen LogP contribution in [0.25, 0.3) is 0 Å². The predicted octanol–water partition coefficient (Wildman–Crippen LogP) is 3.96. The number of benzene rings is 2. The maximum Gasteiger partial charge on any atom is 0.133 e. The molecule has 0 saturated heterocycles. The molecule has 4 heteroatoms. The van der Waals surface area contributed by atoms with E-state index in [4.69, 9.17) is 10.6 Å². The first-order valence-corrected chi connectivity index (χ1v) is 7.87. The van der Waals surface area contributed by atoms with Gasteiger partial charge < -0.3 is 4.74 Å². The van der Waals surface area contributed by atoms with Crippen molar-refractivity contribution in [3.8, 4) is 5.75 Å². The molecule has 0 saturated carbocycles. The first-order chi connectivity index (χ1) is 10.2. The first kappa shape index (κ1) is 16.0. The minimum atomic E-state index is -0.0380. The van der Waals surface area contributed by atoms with E-state index in [0.717, 1.165) is 28.6 Å². The van der Waals surface area contributed by atoms with Crippen molar-refractivity contribution in [3.05, 3.63) is 63.6 Å². The Labute approximate surface area is 134 Å². The summed E-state index contributed by atoms with van der Waals surface area (Å²) in [6.45, 7) is 2.19. The van der Waals surface area contributed by atoms with Crippen LogP contribution >= 0.6 is 15.9 Å². The van der Waals surface area contributed by atoms with Gasteiger partial charge in [-0.15, -0.1) is 0 Å². The Hall–Kier alpha value is -1.36. The normalized spacial score (nSPS) is 12.2. The third kappa shape index (κ3) is 3.84. The van der Waals surface area contributed by atoms with Crippen molar-refractivity contribution in [2.24, 2.45) is 5.84 Å². The molecule has 0 amide bonds. The maximum atomic E-state index is 5.78. The summed E-state index contributed by atoms with van der Waals surface area (Å²) in [5.41, 5.74) is 6.51. The Morgan fingerprint density at radius 2 is 1.95 bits per heavy atom. The van der Waals surface area contributed by atoms with Gasteiger partial charge in [-0.3, -0.25) is 5.84 Å². The first-order valence-electron chi connectivity index (χ1n) is 7.08. The predicted molar refractivity (Wildman–Crippen MR) is 90.3 cm³/mol. The van der Waals surface area contributed by atoms with E-state index in [-0.39, 0.29) is 6.04 Å². The van der Waals surface area contributed by atoms with Gasteiger partial charge in [-0.1, -0.05) is 43.7 Å². The highest BCUT2D eigenvalue weighted by Gasteiger charge is 2.14. The molecule has 21 heavy (non-hydrogen) atoms. The Morgan fingerprint density at radius 1 is 1.19 bits per heavy atom. The van der Waals surface area contributed by atoms with Crippen LogP contribution in [0.5, 0.6) is 5.75 Å². The molecule has 0 aromatic heterocycles. The van der Waals surface area contributed by atoms with Crippen molar-refractivity contribution in [1.29, 1.82) is 0 Å². The van der Waals surface area contributed by atoms with E-state index >= 15 is 0 Å². The van der Waals surface area contributed by atoms with Crippen LogP contribution in [-0.2, 0) is 6.42 Å². The van der Waals surface area contributed by atoms with Gasteiger partial charge in [0.25, 0.3) is 0 Å². The molecule has 0 bridgehead atoms. The molecule has 0 aliphatic rings. The standard InChI is InChI=1S/C17H21BrN2O/c1-3-5-12-6-4-7-13(10-12)17(20-19)14-8-9-16(21-2)15(18)11-14/h4,6-11,17,20H,3,5,19H2,1-2H3. The van der Waals surface area contributed by atoms with E-state index < -0.39 is 0 Å². The van der Waals surface area contributed by atoms with Crippen molar-refractivity contribution in [3.63, 3.8) is 0 Å². The SMILES string of the molecule is CCCc1cccc(C(NN)c2ccc(OC)c(Br)c2)c1. The van der Waals surface area contributed by atoms with E-state index in [1.54, 1.807) is 7.11 Å². The summed E-state index contributed by atoms with van der Waals surface area (Å²) in [7, 11) is 1.66. The molecule has 0 fully saturated rings. The molecule has 2 aromatic carbocycles. The molecular weight excluding hydrogens is 328 g/mol. The summed E-state index contributed by atoms with van der Waals surface area (Å²) < 4.78 is 6.20. The average molecular weight is 349 g/mol. The van der Waals surface area contributed by atoms with Gasteiger partial charge in [0.1, 0.15) is 5.75 Å². The number of rotatable bonds is 6. The molecule has 3 nitrogen and oxygen atoms in total. The number of hydrogen-bond donors (Lipinski definition) is 2. The topological polar surface area (TPSA) is 47.3 Å². The van der Waals surface area contributed by atoms with Gasteiger partial charge in [-0.25, -0.2) is 5.43 Å². The smallest absolute Gasteiger partial charge is 0.133 e. The number of nitrogens with two attached hydrogens (primary N) is 1. The Balaban J connectivity index is 2.34. The van der Waals surface area contributed by atoms with Crippen molar-refractivity contribution < 1.29 is 4.74 Å². The van der Waals surface area contributed by atoms with Gasteiger partial charge in [0.15, 0.2) is 0 Å². The maximum absolute atomic E-state index is 5.78. The quantitative estimate of drug-likeness (QED) is 0.613. The summed E-state index contributed by atoms with van der Waals surface area (Å²) >= 11 is 3.52. The highest BCUT2D eigenvalue weighted by atomic mass is 79.9. The van der Waals surface area contributed by atoms with Gasteiger partial charge in [-0.05, 0) is 51.2 Å². The summed E-state index contributed by atoms with van der Waals surface area (Å²) in [6.07, 6.45) is 2.22. The fraction of sp³-hybridized carbons (Fsp3) is 0.294. The van der Waals surface area contributed by atoms with Gasteiger partial charge in [0, 0.05) is 0 Å². The van der Waals surface area contributed by atoms with Crippen LogP contribution in [0.2, 0.25) is 0 Å². The lowest BCUT2D eigenvalue weighted by Crippen LogP contribution is -2.28. The van der Waals surface area contributed by atoms with Crippen molar-refractivity contribution in [2.75, 3.05) is 7.11 Å². The van der Waals surface area contributed by atoms with Crippen molar-refractivity contribution in [1.82, 2.24) is 5.43 Å². The van der Waals surface area contributed by atoms with Gasteiger partial charge in [0.05, 0.1) is 17.6 Å². The molecule has 0 aliphatic heterocycles. The molecular formula is C17H21BrN2O. The molecule has 112 valence electrons. The van der Waals surface area contributed by atoms with Crippen LogP contribution in [-0.4, -0.2) is 7.11 Å². The van der Waals surface area contributed by atoms with E-state index in [1.165, 1.54) is 11.1 Å². The number of halogens is 1. The van der Waals surface area contributed by atoms with Gasteiger partial charge in [-0.2, -0.15) is 0 Å². The third-order valence-corrected chi connectivity index (χ3v) is 4.12. The van der Waals surface area contributed by atoms with Crippen LogP contribution in [0, 0.1) is 0 Å². The zero-order chi connectivity index (χ0) is 15.2. The van der Waals surface area contributed by atoms with E-state index in [1.807, 2.05) is 18.2 Å². The largest absolute Gasteiger partial charge is 0.496 e. The van der Waals surface area contributed by atoms with Crippen LogP contribution < -0.4 is 16.0 Å². The number of ether oxygens (including phenoxy) is 1. The fourth-order valence-electron chi connectivity index (χ4n) is 2.46. The van der Waals surface area contributed by atoms with Crippen LogP contribution in [0.15, 0.2) is 46.9 Å². The summed E-state index contributed by atoms with van der Waals surface area (Å²) in [5, 5.41) is 0. The Bertz CT molecular complexity index is 601. The van der Waals surface area contributed by atoms with Crippen molar-refractivity contribution in [2.45, 2.75) is 25.8 Å². The van der Waals surface area contributed by atoms with Crippen LogP contribution in [0.4, 0.5) is 0 Å². The second kappa shape index (κ2) is 7.59. The molecule has 3 N–H and O–H groups in total. The number of hydrogen-bond acceptors (Lipinski definition) is 3. The molecule has 0 heterocycles. The Morgan fingerprint density at radius 3 is 2.57 bits per heavy atom. The summed E-state index contributed by atoms with van der Waals surface area (Å²) in [5.74, 6) is 6.60. The highest BCUT2D eigenvalue weighted by molar-refractivity contribution is 9.10. The fourth-order valence-corrected chi connectivity index (χ4v) is 3.02. The molecule has 0 radical (unpaired) electrons. The minimum absolute atomic E-state index is 0.0380. The number of nitrogens with one attached hydrogen (secondary N) is 1. The highest BCUT2D eigenvalue weighted by Crippen LogP contribution is 2.30. The van der Waals surface area contributed by atoms with E-state index in [9.17, 15) is 0 Å². The number of aryl methyl sites for hydroxylation is 1. The molecule has 0 aliphatic carbocycles. The lowest BCUT2D eigenvalue weighted by atomic mass is 9.96.